The van der Waals surface area contributed by atoms with Crippen molar-refractivity contribution in [3.8, 4) is 0 Å². The molecular formula is C18H12O3S. The first-order valence-electron chi connectivity index (χ1n) is 6.96. The van der Waals surface area contributed by atoms with Crippen molar-refractivity contribution in [1.82, 2.24) is 0 Å². The molecule has 0 spiro atoms. The Hall–Kier alpha value is -2.46. The van der Waals surface area contributed by atoms with E-state index in [1.165, 1.54) is 11.3 Å². The highest BCUT2D eigenvalue weighted by Gasteiger charge is 2.12. The quantitative estimate of drug-likeness (QED) is 0.497. The largest absolute Gasteiger partial charge is 0.450 e. The molecule has 1 heterocycles. The fourth-order valence-corrected chi connectivity index (χ4v) is 4.04. The lowest BCUT2D eigenvalue weighted by atomic mass is 10.1. The van der Waals surface area contributed by atoms with Crippen molar-refractivity contribution >= 4 is 32.4 Å². The summed E-state index contributed by atoms with van der Waals surface area (Å²) in [6, 6.07) is 10.9. The van der Waals surface area contributed by atoms with Gasteiger partial charge in [0.1, 0.15) is 10.1 Å². The zero-order valence-corrected chi connectivity index (χ0v) is 12.9. The number of rotatable bonds is 0. The molecule has 4 heteroatoms. The lowest BCUT2D eigenvalue weighted by Gasteiger charge is -2.04. The average Bonchev–Trinajstić information content (AvgIpc) is 2.51. The summed E-state index contributed by atoms with van der Waals surface area (Å²) >= 11 is 1.33. The maximum absolute atomic E-state index is 12.7. The highest BCUT2D eigenvalue weighted by Crippen LogP contribution is 2.25. The molecule has 0 fully saturated rings. The first kappa shape index (κ1) is 13.2. The molecule has 108 valence electrons. The molecule has 0 bridgehead atoms. The lowest BCUT2D eigenvalue weighted by Crippen LogP contribution is -2.14. The third-order valence-electron chi connectivity index (χ3n) is 3.84. The molecule has 0 aromatic heterocycles. The second-order valence-electron chi connectivity index (χ2n) is 5.48. The van der Waals surface area contributed by atoms with Gasteiger partial charge in [0.05, 0.1) is 4.70 Å². The Morgan fingerprint density at radius 3 is 2.36 bits per heavy atom. The van der Waals surface area contributed by atoms with Gasteiger partial charge in [-0.15, -0.1) is 11.3 Å². The molecule has 2 aliphatic rings. The van der Waals surface area contributed by atoms with Crippen LogP contribution < -0.4 is 10.9 Å². The van der Waals surface area contributed by atoms with Gasteiger partial charge in [-0.3, -0.25) is 9.59 Å². The maximum atomic E-state index is 12.7. The minimum Gasteiger partial charge on any atom is -0.450 e. The van der Waals surface area contributed by atoms with Crippen molar-refractivity contribution in [3.63, 3.8) is 0 Å². The van der Waals surface area contributed by atoms with E-state index in [9.17, 15) is 9.59 Å². The second-order valence-corrected chi connectivity index (χ2v) is 6.53. The van der Waals surface area contributed by atoms with Crippen LogP contribution in [-0.2, 0) is 0 Å². The van der Waals surface area contributed by atoms with Crippen molar-refractivity contribution in [2.45, 2.75) is 13.8 Å². The molecule has 0 radical (unpaired) electrons. The molecule has 2 aromatic carbocycles. The predicted octanol–water partition coefficient (Wildman–Crippen LogP) is 3.71. The van der Waals surface area contributed by atoms with Crippen LogP contribution in [0.25, 0.3) is 21.1 Å². The van der Waals surface area contributed by atoms with Gasteiger partial charge in [-0.1, -0.05) is 30.3 Å². The first-order valence-corrected chi connectivity index (χ1v) is 7.77. The fraction of sp³-hybridized carbons (Fsp3) is 0.111. The van der Waals surface area contributed by atoms with Gasteiger partial charge < -0.3 is 4.42 Å². The van der Waals surface area contributed by atoms with E-state index in [0.29, 0.717) is 20.9 Å². The summed E-state index contributed by atoms with van der Waals surface area (Å²) in [4.78, 5) is 25.3. The van der Waals surface area contributed by atoms with Crippen molar-refractivity contribution in [3.05, 3.63) is 77.9 Å². The summed E-state index contributed by atoms with van der Waals surface area (Å²) in [6.45, 7) is 3.95. The molecule has 0 saturated carbocycles. The fourth-order valence-electron chi connectivity index (χ4n) is 2.85. The SMILES string of the molecule is Cc1cc(C)c2oc3c(=O)c4ccccc4c(=O)c=3sc2c1. The van der Waals surface area contributed by atoms with Crippen molar-refractivity contribution in [2.75, 3.05) is 0 Å². The van der Waals surface area contributed by atoms with Crippen LogP contribution in [0.2, 0.25) is 0 Å². The van der Waals surface area contributed by atoms with E-state index in [4.69, 9.17) is 4.42 Å². The van der Waals surface area contributed by atoms with E-state index >= 15 is 0 Å². The molecule has 2 aromatic rings. The van der Waals surface area contributed by atoms with E-state index in [2.05, 4.69) is 0 Å². The van der Waals surface area contributed by atoms with Crippen LogP contribution in [-0.4, -0.2) is 0 Å². The van der Waals surface area contributed by atoms with Crippen LogP contribution in [0.1, 0.15) is 11.1 Å². The molecule has 1 aliphatic heterocycles. The summed E-state index contributed by atoms with van der Waals surface area (Å²) in [5.41, 5.74) is 2.55. The van der Waals surface area contributed by atoms with Gasteiger partial charge >= 0.3 is 0 Å². The molecule has 0 unspecified atom stereocenters. The predicted molar refractivity (Wildman–Crippen MR) is 88.9 cm³/mol. The Morgan fingerprint density at radius 2 is 1.64 bits per heavy atom. The number of benzene rings is 2. The van der Waals surface area contributed by atoms with Crippen LogP contribution in [0, 0.1) is 23.8 Å². The van der Waals surface area contributed by atoms with Gasteiger partial charge in [0.2, 0.25) is 10.9 Å². The number of hydrogen-bond donors (Lipinski definition) is 0. The summed E-state index contributed by atoms with van der Waals surface area (Å²) in [7, 11) is 0. The smallest absolute Gasteiger partial charge is 0.230 e. The van der Waals surface area contributed by atoms with Crippen molar-refractivity contribution in [1.29, 1.82) is 0 Å². The number of aryl methyl sites for hydroxylation is 2. The number of hydrogen-bond acceptors (Lipinski definition) is 4. The zero-order chi connectivity index (χ0) is 15.4. The van der Waals surface area contributed by atoms with Gasteiger partial charge in [0.15, 0.2) is 5.42 Å². The average molecular weight is 308 g/mol. The maximum Gasteiger partial charge on any atom is 0.230 e. The van der Waals surface area contributed by atoms with Gasteiger partial charge in [0, 0.05) is 10.8 Å². The Balaban J connectivity index is 2.40. The van der Waals surface area contributed by atoms with Gasteiger partial charge in [0.25, 0.3) is 0 Å². The lowest BCUT2D eigenvalue weighted by molar-refractivity contribution is 0.565. The van der Waals surface area contributed by atoms with E-state index in [1.54, 1.807) is 24.3 Å². The second kappa shape index (κ2) is 4.52. The zero-order valence-electron chi connectivity index (χ0n) is 12.1. The topological polar surface area (TPSA) is 47.3 Å². The minimum absolute atomic E-state index is 0.139. The Bertz CT molecular complexity index is 1230. The molecule has 22 heavy (non-hydrogen) atoms. The standard InChI is InChI=1S/C18H12O3S/c1-9-7-10(2)16-13(8-9)22-18-15(20)12-6-4-3-5-11(12)14(19)17(18)21-16/h3-8H,1-2H3. The Morgan fingerprint density at radius 1 is 0.955 bits per heavy atom. The molecule has 0 saturated heterocycles. The molecule has 4 rings (SSSR count). The molecule has 0 atom stereocenters. The third-order valence-corrected chi connectivity index (χ3v) is 4.93. The van der Waals surface area contributed by atoms with E-state index < -0.39 is 0 Å². The monoisotopic (exact) mass is 308 g/mol. The van der Waals surface area contributed by atoms with E-state index in [1.807, 2.05) is 26.0 Å². The summed E-state index contributed by atoms with van der Waals surface area (Å²) < 4.78 is 7.13. The minimum atomic E-state index is -0.219. The van der Waals surface area contributed by atoms with Crippen LogP contribution >= 0.6 is 11.3 Å². The normalized spacial score (nSPS) is 11.5. The van der Waals surface area contributed by atoms with E-state index in [0.717, 1.165) is 15.8 Å². The van der Waals surface area contributed by atoms with E-state index in [-0.39, 0.29) is 16.3 Å². The highest BCUT2D eigenvalue weighted by atomic mass is 32.1. The Labute approximate surface area is 129 Å². The van der Waals surface area contributed by atoms with Crippen LogP contribution in [0.5, 0.6) is 0 Å². The van der Waals surface area contributed by atoms with Gasteiger partial charge in [-0.2, -0.15) is 0 Å². The van der Waals surface area contributed by atoms with Crippen LogP contribution in [0.4, 0.5) is 0 Å². The molecule has 3 nitrogen and oxygen atoms in total. The van der Waals surface area contributed by atoms with Gasteiger partial charge in [-0.25, -0.2) is 0 Å². The summed E-state index contributed by atoms with van der Waals surface area (Å²) in [5.74, 6) is 0. The van der Waals surface area contributed by atoms with Crippen molar-refractivity contribution < 1.29 is 4.42 Å². The summed E-state index contributed by atoms with van der Waals surface area (Å²) in [5, 5.41) is 0.871. The van der Waals surface area contributed by atoms with Crippen molar-refractivity contribution in [2.24, 2.45) is 0 Å². The first-order chi connectivity index (χ1) is 10.6. The number of fused-ring (bicyclic) bond motifs is 2. The molecule has 0 N–H and O–H groups in total. The molecule has 1 aliphatic carbocycles. The third kappa shape index (κ3) is 1.74. The van der Waals surface area contributed by atoms with Gasteiger partial charge in [-0.05, 0) is 31.0 Å². The van der Waals surface area contributed by atoms with Crippen LogP contribution in [0.15, 0.2) is 50.4 Å². The summed E-state index contributed by atoms with van der Waals surface area (Å²) in [6.07, 6.45) is 0. The highest BCUT2D eigenvalue weighted by molar-refractivity contribution is 7.16. The molecular weight excluding hydrogens is 296 g/mol. The van der Waals surface area contributed by atoms with Crippen LogP contribution in [0.3, 0.4) is 0 Å². The molecule has 0 amide bonds. The Kier molecular flexibility index (Phi) is 2.71.